The quantitative estimate of drug-likeness (QED) is 0.554. The zero-order valence-electron chi connectivity index (χ0n) is 8.36. The summed E-state index contributed by atoms with van der Waals surface area (Å²) in [6, 6.07) is 12.7. The Bertz CT molecular complexity index is 471. The van der Waals surface area contributed by atoms with Gasteiger partial charge in [-0.15, -0.1) is 0 Å². The van der Waals surface area contributed by atoms with Crippen LogP contribution in [-0.2, 0) is 0 Å². The Hall–Kier alpha value is -1.00. The van der Waals surface area contributed by atoms with E-state index in [2.05, 4.69) is 53.4 Å². The number of hydrogen-bond donors (Lipinski definition) is 0. The first kappa shape index (κ1) is 10.5. The molecule has 0 aliphatic rings. The van der Waals surface area contributed by atoms with Crippen LogP contribution in [0.4, 0.5) is 0 Å². The van der Waals surface area contributed by atoms with Gasteiger partial charge in [-0.05, 0) is 0 Å². The van der Waals surface area contributed by atoms with Crippen LogP contribution < -0.4 is 4.46 Å². The van der Waals surface area contributed by atoms with Crippen molar-refractivity contribution in [2.45, 2.75) is 6.92 Å². The molecule has 0 spiro atoms. The van der Waals surface area contributed by atoms with E-state index < -0.39 is 0 Å². The van der Waals surface area contributed by atoms with Crippen molar-refractivity contribution in [1.29, 1.82) is 0 Å². The van der Waals surface area contributed by atoms with Gasteiger partial charge in [-0.3, -0.25) is 0 Å². The van der Waals surface area contributed by atoms with E-state index in [1.54, 1.807) is 11.3 Å². The van der Waals surface area contributed by atoms with E-state index in [-0.39, 0.29) is 15.0 Å². The normalized spacial score (nSPS) is 9.40. The van der Waals surface area contributed by atoms with E-state index in [4.69, 9.17) is 0 Å². The SMILES string of the molecule is Cc1ccc([Se]C#Cc2cccs2)cc1. The molecule has 0 unspecified atom stereocenters. The first-order valence-corrected chi connectivity index (χ1v) is 7.22. The molecule has 0 atom stereocenters. The monoisotopic (exact) mass is 278 g/mol. The molecule has 0 aliphatic carbocycles. The molecule has 74 valence electrons. The van der Waals surface area contributed by atoms with Gasteiger partial charge in [-0.1, -0.05) is 0 Å². The van der Waals surface area contributed by atoms with Crippen LogP contribution in [0.5, 0.6) is 0 Å². The maximum atomic E-state index is 3.25. The molecule has 0 saturated carbocycles. The van der Waals surface area contributed by atoms with Crippen molar-refractivity contribution in [3.05, 3.63) is 52.2 Å². The van der Waals surface area contributed by atoms with E-state index in [1.165, 1.54) is 10.0 Å². The molecule has 0 aliphatic heterocycles. The number of aryl methyl sites for hydroxylation is 1. The van der Waals surface area contributed by atoms with Gasteiger partial charge in [0.25, 0.3) is 0 Å². The van der Waals surface area contributed by atoms with Gasteiger partial charge in [0, 0.05) is 0 Å². The van der Waals surface area contributed by atoms with Crippen molar-refractivity contribution < 1.29 is 0 Å². The van der Waals surface area contributed by atoms with Gasteiger partial charge < -0.3 is 0 Å². The molecule has 0 radical (unpaired) electrons. The number of rotatable bonds is 1. The van der Waals surface area contributed by atoms with Crippen molar-refractivity contribution >= 4 is 30.8 Å². The standard InChI is InChI=1S/C13H10SSe/c1-11-4-6-13(7-5-11)15-10-8-12-3-2-9-14-12/h2-7,9H,1H3. The third-order valence-corrected chi connectivity index (χ3v) is 4.16. The summed E-state index contributed by atoms with van der Waals surface area (Å²) in [6.07, 6.45) is 0. The second-order valence-corrected chi connectivity index (χ2v) is 5.91. The number of benzene rings is 1. The van der Waals surface area contributed by atoms with Crippen molar-refractivity contribution in [2.24, 2.45) is 0 Å². The van der Waals surface area contributed by atoms with Crippen molar-refractivity contribution in [1.82, 2.24) is 0 Å². The van der Waals surface area contributed by atoms with Gasteiger partial charge in [0.2, 0.25) is 0 Å². The minimum absolute atomic E-state index is 0.275. The maximum absolute atomic E-state index is 3.25. The van der Waals surface area contributed by atoms with Gasteiger partial charge in [-0.2, -0.15) is 0 Å². The fraction of sp³-hybridized carbons (Fsp3) is 0.0769. The topological polar surface area (TPSA) is 0 Å². The molecule has 1 aromatic heterocycles. The summed E-state index contributed by atoms with van der Waals surface area (Å²) in [7, 11) is 0. The summed E-state index contributed by atoms with van der Waals surface area (Å²) in [4.78, 5) is 4.40. The predicted octanol–water partition coefficient (Wildman–Crippen LogP) is 2.40. The van der Waals surface area contributed by atoms with Crippen LogP contribution in [0.2, 0.25) is 0 Å². The molecule has 1 aromatic carbocycles. The summed E-state index contributed by atoms with van der Waals surface area (Å²) in [6.45, 7) is 2.11. The summed E-state index contributed by atoms with van der Waals surface area (Å²) in [5, 5.41) is 2.06. The van der Waals surface area contributed by atoms with Gasteiger partial charge >= 0.3 is 101 Å². The van der Waals surface area contributed by atoms with Crippen LogP contribution in [0.3, 0.4) is 0 Å². The van der Waals surface area contributed by atoms with E-state index in [0.29, 0.717) is 0 Å². The van der Waals surface area contributed by atoms with Crippen LogP contribution >= 0.6 is 11.3 Å². The molecule has 2 heteroatoms. The molecule has 2 aromatic rings. The Morgan fingerprint density at radius 3 is 2.60 bits per heavy atom. The molecule has 1 heterocycles. The van der Waals surface area contributed by atoms with Gasteiger partial charge in [0.1, 0.15) is 0 Å². The van der Waals surface area contributed by atoms with Crippen LogP contribution in [0.25, 0.3) is 0 Å². The zero-order chi connectivity index (χ0) is 10.5. The molecule has 0 saturated heterocycles. The predicted molar refractivity (Wildman–Crippen MR) is 67.8 cm³/mol. The van der Waals surface area contributed by atoms with E-state index in [1.807, 2.05) is 6.07 Å². The second kappa shape index (κ2) is 5.19. The average molecular weight is 277 g/mol. The molecule has 0 amide bonds. The summed E-state index contributed by atoms with van der Waals surface area (Å²) < 4.78 is 1.34. The Labute approximate surface area is 101 Å². The zero-order valence-corrected chi connectivity index (χ0v) is 10.9. The Balaban J connectivity index is 2.01. The third-order valence-electron chi connectivity index (χ3n) is 1.89. The van der Waals surface area contributed by atoms with Crippen LogP contribution in [0.15, 0.2) is 41.8 Å². The molecule has 0 N–H and O–H groups in total. The number of thiophene rings is 1. The Kier molecular flexibility index (Phi) is 3.63. The molecule has 2 rings (SSSR count). The Morgan fingerprint density at radius 2 is 1.93 bits per heavy atom. The van der Waals surface area contributed by atoms with Crippen LogP contribution in [0, 0.1) is 17.7 Å². The third kappa shape index (κ3) is 3.25. The first-order chi connectivity index (χ1) is 7.34. The van der Waals surface area contributed by atoms with Crippen LogP contribution in [0.1, 0.15) is 10.4 Å². The molecule has 0 bridgehead atoms. The van der Waals surface area contributed by atoms with Gasteiger partial charge in [0.15, 0.2) is 0 Å². The minimum atomic E-state index is 0.275. The van der Waals surface area contributed by atoms with Gasteiger partial charge in [-0.25, -0.2) is 0 Å². The summed E-state index contributed by atoms with van der Waals surface area (Å²) in [5.74, 6) is 3.18. The van der Waals surface area contributed by atoms with E-state index >= 15 is 0 Å². The fourth-order valence-corrected chi connectivity index (χ4v) is 2.96. The second-order valence-electron chi connectivity index (χ2n) is 3.12. The number of hydrogen-bond acceptors (Lipinski definition) is 1. The van der Waals surface area contributed by atoms with Crippen molar-refractivity contribution in [3.63, 3.8) is 0 Å². The fourth-order valence-electron chi connectivity index (χ4n) is 1.09. The van der Waals surface area contributed by atoms with Crippen molar-refractivity contribution in [2.75, 3.05) is 0 Å². The first-order valence-electron chi connectivity index (χ1n) is 4.62. The Morgan fingerprint density at radius 1 is 1.13 bits per heavy atom. The molecular weight excluding hydrogens is 267 g/mol. The van der Waals surface area contributed by atoms with E-state index in [9.17, 15) is 0 Å². The van der Waals surface area contributed by atoms with E-state index in [0.717, 1.165) is 4.88 Å². The molecular formula is C13H10SSe. The van der Waals surface area contributed by atoms with Gasteiger partial charge in [0.05, 0.1) is 0 Å². The van der Waals surface area contributed by atoms with Crippen molar-refractivity contribution in [3.8, 4) is 10.7 Å². The molecule has 15 heavy (non-hydrogen) atoms. The molecule has 0 nitrogen and oxygen atoms in total. The average Bonchev–Trinajstić information content (AvgIpc) is 2.74. The molecule has 0 fully saturated rings. The summed E-state index contributed by atoms with van der Waals surface area (Å²) >= 11 is 1.97. The summed E-state index contributed by atoms with van der Waals surface area (Å²) in [5.41, 5.74) is 1.31. The van der Waals surface area contributed by atoms with Crippen LogP contribution in [-0.4, -0.2) is 15.0 Å².